The molecule has 106 valence electrons. The molecule has 1 aliphatic carbocycles. The van der Waals surface area contributed by atoms with Gasteiger partial charge in [-0.05, 0) is 38.2 Å². The zero-order valence-corrected chi connectivity index (χ0v) is 11.9. The lowest BCUT2D eigenvalue weighted by Crippen LogP contribution is -2.34. The second kappa shape index (κ2) is 7.04. The molecule has 0 spiro atoms. The van der Waals surface area contributed by atoms with E-state index in [-0.39, 0.29) is 6.10 Å². The molecule has 0 aliphatic heterocycles. The summed E-state index contributed by atoms with van der Waals surface area (Å²) in [7, 11) is 0. The van der Waals surface area contributed by atoms with Gasteiger partial charge < -0.3 is 15.2 Å². The van der Waals surface area contributed by atoms with Crippen molar-refractivity contribution in [1.82, 2.24) is 5.32 Å². The Morgan fingerprint density at radius 1 is 1.26 bits per heavy atom. The number of benzene rings is 1. The van der Waals surface area contributed by atoms with Gasteiger partial charge in [-0.2, -0.15) is 0 Å². The zero-order chi connectivity index (χ0) is 13.7. The molecule has 3 heteroatoms. The summed E-state index contributed by atoms with van der Waals surface area (Å²) >= 11 is 0. The van der Waals surface area contributed by atoms with Crippen LogP contribution in [0.4, 0.5) is 0 Å². The average molecular weight is 263 g/mol. The molecule has 2 atom stereocenters. The maximum Gasteiger partial charge on any atom is 0.0898 e. The summed E-state index contributed by atoms with van der Waals surface area (Å²) in [4.78, 5) is 0. The van der Waals surface area contributed by atoms with Gasteiger partial charge in [0.15, 0.2) is 0 Å². The van der Waals surface area contributed by atoms with E-state index in [2.05, 4.69) is 29.6 Å². The maximum atomic E-state index is 9.91. The van der Waals surface area contributed by atoms with E-state index in [4.69, 9.17) is 4.74 Å². The fourth-order valence-electron chi connectivity index (χ4n) is 2.27. The van der Waals surface area contributed by atoms with Crippen molar-refractivity contribution in [2.45, 2.75) is 44.9 Å². The molecule has 0 amide bonds. The second-order valence-corrected chi connectivity index (χ2v) is 5.67. The molecule has 0 saturated heterocycles. The van der Waals surface area contributed by atoms with Crippen LogP contribution in [-0.4, -0.2) is 30.5 Å². The molecule has 1 aromatic carbocycles. The van der Waals surface area contributed by atoms with E-state index in [1.54, 1.807) is 0 Å². The third-order valence-corrected chi connectivity index (χ3v) is 3.45. The number of aliphatic hydroxyl groups excluding tert-OH is 1. The summed E-state index contributed by atoms with van der Waals surface area (Å²) in [5.74, 6) is 0.723. The Morgan fingerprint density at radius 3 is 2.53 bits per heavy atom. The van der Waals surface area contributed by atoms with Gasteiger partial charge in [0.1, 0.15) is 0 Å². The van der Waals surface area contributed by atoms with Crippen molar-refractivity contribution >= 4 is 0 Å². The number of aliphatic hydroxyl groups is 1. The van der Waals surface area contributed by atoms with Crippen LogP contribution in [0.1, 0.15) is 38.3 Å². The van der Waals surface area contributed by atoms with Crippen LogP contribution in [0.25, 0.3) is 0 Å². The molecule has 3 nitrogen and oxygen atoms in total. The SMILES string of the molecule is CC(C)OCC(O)CNC(c1ccccc1)C1CC1. The van der Waals surface area contributed by atoms with Gasteiger partial charge in [-0.1, -0.05) is 30.3 Å². The van der Waals surface area contributed by atoms with E-state index >= 15 is 0 Å². The van der Waals surface area contributed by atoms with E-state index in [9.17, 15) is 5.11 Å². The van der Waals surface area contributed by atoms with E-state index < -0.39 is 6.10 Å². The number of rotatable bonds is 8. The molecule has 0 bridgehead atoms. The predicted molar refractivity (Wildman–Crippen MR) is 77.0 cm³/mol. The summed E-state index contributed by atoms with van der Waals surface area (Å²) in [5, 5.41) is 13.4. The van der Waals surface area contributed by atoms with E-state index in [1.807, 2.05) is 19.9 Å². The third kappa shape index (κ3) is 4.94. The Labute approximate surface area is 116 Å². The van der Waals surface area contributed by atoms with Crippen molar-refractivity contribution in [2.75, 3.05) is 13.2 Å². The highest BCUT2D eigenvalue weighted by Gasteiger charge is 2.32. The normalized spacial score (nSPS) is 18.5. The molecule has 0 aromatic heterocycles. The van der Waals surface area contributed by atoms with E-state index in [0.717, 1.165) is 5.92 Å². The van der Waals surface area contributed by atoms with E-state index in [1.165, 1.54) is 18.4 Å². The molecule has 1 aromatic rings. The summed E-state index contributed by atoms with van der Waals surface area (Å²) in [6.07, 6.45) is 2.30. The van der Waals surface area contributed by atoms with Crippen LogP contribution in [0.2, 0.25) is 0 Å². The Hall–Kier alpha value is -0.900. The quantitative estimate of drug-likeness (QED) is 0.757. The van der Waals surface area contributed by atoms with Crippen molar-refractivity contribution in [1.29, 1.82) is 0 Å². The second-order valence-electron chi connectivity index (χ2n) is 5.67. The lowest BCUT2D eigenvalue weighted by atomic mass is 10.0. The largest absolute Gasteiger partial charge is 0.389 e. The number of hydrogen-bond donors (Lipinski definition) is 2. The van der Waals surface area contributed by atoms with Crippen LogP contribution in [-0.2, 0) is 4.74 Å². The van der Waals surface area contributed by atoms with Crippen molar-refractivity contribution in [3.63, 3.8) is 0 Å². The Bertz CT molecular complexity index is 362. The third-order valence-electron chi connectivity index (χ3n) is 3.45. The van der Waals surface area contributed by atoms with Gasteiger partial charge in [0.25, 0.3) is 0 Å². The first-order valence-electron chi connectivity index (χ1n) is 7.25. The maximum absolute atomic E-state index is 9.91. The van der Waals surface area contributed by atoms with E-state index in [0.29, 0.717) is 19.2 Å². The summed E-state index contributed by atoms with van der Waals surface area (Å²) in [5.41, 5.74) is 1.32. The average Bonchev–Trinajstić information content (AvgIpc) is 3.22. The van der Waals surface area contributed by atoms with Gasteiger partial charge in [-0.15, -0.1) is 0 Å². The molecule has 1 aliphatic rings. The summed E-state index contributed by atoms with van der Waals surface area (Å²) in [6.45, 7) is 4.95. The highest BCUT2D eigenvalue weighted by molar-refractivity contribution is 5.21. The van der Waals surface area contributed by atoms with Gasteiger partial charge in [-0.25, -0.2) is 0 Å². The highest BCUT2D eigenvalue weighted by atomic mass is 16.5. The monoisotopic (exact) mass is 263 g/mol. The van der Waals surface area contributed by atoms with Crippen molar-refractivity contribution in [3.8, 4) is 0 Å². The highest BCUT2D eigenvalue weighted by Crippen LogP contribution is 2.40. The predicted octanol–water partition coefficient (Wildman–Crippen LogP) is 2.51. The number of ether oxygens (including phenoxy) is 1. The first kappa shape index (κ1) is 14.5. The topological polar surface area (TPSA) is 41.5 Å². The summed E-state index contributed by atoms with van der Waals surface area (Å²) in [6, 6.07) is 10.9. The molecule has 1 fully saturated rings. The lowest BCUT2D eigenvalue weighted by Gasteiger charge is -2.21. The van der Waals surface area contributed by atoms with Crippen molar-refractivity contribution in [2.24, 2.45) is 5.92 Å². The fourth-order valence-corrected chi connectivity index (χ4v) is 2.27. The summed E-state index contributed by atoms with van der Waals surface area (Å²) < 4.78 is 5.43. The molecule has 1 saturated carbocycles. The molecular weight excluding hydrogens is 238 g/mol. The minimum absolute atomic E-state index is 0.169. The molecule has 2 rings (SSSR count). The minimum atomic E-state index is -0.438. The first-order chi connectivity index (χ1) is 9.16. The fraction of sp³-hybridized carbons (Fsp3) is 0.625. The van der Waals surface area contributed by atoms with Gasteiger partial charge >= 0.3 is 0 Å². The lowest BCUT2D eigenvalue weighted by molar-refractivity contribution is 0.00517. The van der Waals surface area contributed by atoms with Gasteiger partial charge in [-0.3, -0.25) is 0 Å². The van der Waals surface area contributed by atoms with Gasteiger partial charge in [0, 0.05) is 12.6 Å². The van der Waals surface area contributed by atoms with Gasteiger partial charge in [0.2, 0.25) is 0 Å². The van der Waals surface area contributed by atoms with Crippen LogP contribution >= 0.6 is 0 Å². The number of hydrogen-bond acceptors (Lipinski definition) is 3. The molecule has 0 radical (unpaired) electrons. The van der Waals surface area contributed by atoms with Crippen LogP contribution in [0, 0.1) is 5.92 Å². The van der Waals surface area contributed by atoms with Crippen LogP contribution in [0.15, 0.2) is 30.3 Å². The molecular formula is C16H25NO2. The minimum Gasteiger partial charge on any atom is -0.389 e. The Balaban J connectivity index is 1.81. The number of nitrogens with one attached hydrogen (secondary N) is 1. The molecule has 2 N–H and O–H groups in total. The van der Waals surface area contributed by atoms with Crippen LogP contribution in [0.5, 0.6) is 0 Å². The molecule has 2 unspecified atom stereocenters. The first-order valence-corrected chi connectivity index (χ1v) is 7.25. The van der Waals surface area contributed by atoms with Crippen molar-refractivity contribution < 1.29 is 9.84 Å². The molecule has 19 heavy (non-hydrogen) atoms. The van der Waals surface area contributed by atoms with Crippen LogP contribution in [0.3, 0.4) is 0 Å². The van der Waals surface area contributed by atoms with Crippen LogP contribution < -0.4 is 5.32 Å². The Morgan fingerprint density at radius 2 is 1.95 bits per heavy atom. The van der Waals surface area contributed by atoms with Crippen molar-refractivity contribution in [3.05, 3.63) is 35.9 Å². The smallest absolute Gasteiger partial charge is 0.0898 e. The van der Waals surface area contributed by atoms with Gasteiger partial charge in [0.05, 0.1) is 18.8 Å². The Kier molecular flexibility index (Phi) is 5.37. The molecule has 0 heterocycles. The zero-order valence-electron chi connectivity index (χ0n) is 11.9. The standard InChI is InChI=1S/C16H25NO2/c1-12(2)19-11-15(18)10-17-16(14-8-9-14)13-6-4-3-5-7-13/h3-7,12,14-18H,8-11H2,1-2H3.